The summed E-state index contributed by atoms with van der Waals surface area (Å²) in [5, 5.41) is 11.9. The van der Waals surface area contributed by atoms with Crippen LogP contribution in [0.15, 0.2) is 66.7 Å². The molecule has 2 aromatic carbocycles. The number of nitrogens with one attached hydrogen (secondary N) is 1. The zero-order chi connectivity index (χ0) is 17.0. The van der Waals surface area contributed by atoms with Crippen LogP contribution in [-0.2, 0) is 11.2 Å². The van der Waals surface area contributed by atoms with Gasteiger partial charge in [0.05, 0.1) is 0 Å². The third kappa shape index (κ3) is 6.85. The normalized spacial score (nSPS) is 10.2. The predicted octanol–water partition coefficient (Wildman–Crippen LogP) is 4.11. The van der Waals surface area contributed by atoms with Gasteiger partial charge in [-0.2, -0.15) is 0 Å². The molecule has 2 rings (SSSR count). The quantitative estimate of drug-likeness (QED) is 0.459. The molecule has 2 aromatic rings. The zero-order valence-corrected chi connectivity index (χ0v) is 13.5. The lowest BCUT2D eigenvalue weighted by Gasteiger charge is -2.05. The highest BCUT2D eigenvalue weighted by atomic mass is 16.4. The van der Waals surface area contributed by atoms with Gasteiger partial charge in [0, 0.05) is 23.7 Å². The topological polar surface area (TPSA) is 49.3 Å². The standard InChI is InChI=1S/C21H21NO2/c23-21(24)16-13-19-11-14-20(15-12-19)22-17-7-2-1-4-8-18-9-5-3-6-10-18/h1,3-6,9-12,14-15,22H,2,7-8,17H2,(H,23,24). The van der Waals surface area contributed by atoms with Crippen LogP contribution >= 0.6 is 0 Å². The second-order valence-corrected chi connectivity index (χ2v) is 5.36. The van der Waals surface area contributed by atoms with E-state index in [1.54, 1.807) is 0 Å². The van der Waals surface area contributed by atoms with Gasteiger partial charge in [-0.15, -0.1) is 0 Å². The Bertz CT molecular complexity index is 722. The van der Waals surface area contributed by atoms with Gasteiger partial charge >= 0.3 is 5.97 Å². The van der Waals surface area contributed by atoms with E-state index in [4.69, 9.17) is 5.11 Å². The number of carbonyl (C=O) groups is 1. The smallest absolute Gasteiger partial charge is 0.382 e. The summed E-state index contributed by atoms with van der Waals surface area (Å²) in [6.07, 6.45) is 7.52. The fourth-order valence-electron chi connectivity index (χ4n) is 2.20. The van der Waals surface area contributed by atoms with Gasteiger partial charge in [0.2, 0.25) is 0 Å². The van der Waals surface area contributed by atoms with E-state index in [9.17, 15) is 4.79 Å². The Morgan fingerprint density at radius 3 is 2.50 bits per heavy atom. The van der Waals surface area contributed by atoms with E-state index in [1.807, 2.05) is 30.3 Å². The summed E-state index contributed by atoms with van der Waals surface area (Å²) < 4.78 is 0. The van der Waals surface area contributed by atoms with Crippen LogP contribution in [0.25, 0.3) is 0 Å². The monoisotopic (exact) mass is 319 g/mol. The van der Waals surface area contributed by atoms with Crippen molar-refractivity contribution in [2.45, 2.75) is 19.3 Å². The SMILES string of the molecule is O=C(O)C#Cc1ccc(NCCCC=CCc2ccccc2)cc1. The third-order valence-electron chi connectivity index (χ3n) is 3.44. The Kier molecular flexibility index (Phi) is 7.17. The minimum Gasteiger partial charge on any atom is -0.472 e. The summed E-state index contributed by atoms with van der Waals surface area (Å²) in [4.78, 5) is 10.4. The molecule has 2 N–H and O–H groups in total. The van der Waals surface area contributed by atoms with Gasteiger partial charge < -0.3 is 10.4 Å². The first-order valence-electron chi connectivity index (χ1n) is 8.02. The van der Waals surface area contributed by atoms with Crippen molar-refractivity contribution in [1.82, 2.24) is 0 Å². The van der Waals surface area contributed by atoms with Crippen molar-refractivity contribution >= 4 is 11.7 Å². The number of aliphatic carboxylic acids is 1. The molecule has 0 saturated heterocycles. The number of hydrogen-bond donors (Lipinski definition) is 2. The highest BCUT2D eigenvalue weighted by Crippen LogP contribution is 2.09. The highest BCUT2D eigenvalue weighted by molar-refractivity contribution is 5.87. The molecule has 0 radical (unpaired) electrons. The van der Waals surface area contributed by atoms with Crippen LogP contribution in [-0.4, -0.2) is 17.6 Å². The highest BCUT2D eigenvalue weighted by Gasteiger charge is 1.93. The van der Waals surface area contributed by atoms with Crippen molar-refractivity contribution in [3.8, 4) is 11.8 Å². The average Bonchev–Trinajstić information content (AvgIpc) is 2.61. The lowest BCUT2D eigenvalue weighted by molar-refractivity contribution is -0.130. The van der Waals surface area contributed by atoms with Crippen LogP contribution in [0.1, 0.15) is 24.0 Å². The fraction of sp³-hybridized carbons (Fsp3) is 0.190. The molecule has 0 aromatic heterocycles. The number of benzene rings is 2. The van der Waals surface area contributed by atoms with Gasteiger partial charge in [-0.1, -0.05) is 48.4 Å². The molecule has 0 spiro atoms. The molecule has 0 atom stereocenters. The number of carboxylic acids is 1. The number of carboxylic acid groups (broad SMARTS) is 1. The lowest BCUT2D eigenvalue weighted by Crippen LogP contribution is -2.00. The third-order valence-corrected chi connectivity index (χ3v) is 3.44. The van der Waals surface area contributed by atoms with Gasteiger partial charge in [0.1, 0.15) is 0 Å². The maximum atomic E-state index is 10.4. The van der Waals surface area contributed by atoms with Crippen LogP contribution in [0, 0.1) is 11.8 Å². The van der Waals surface area contributed by atoms with E-state index in [0.29, 0.717) is 5.56 Å². The summed E-state index contributed by atoms with van der Waals surface area (Å²) >= 11 is 0. The zero-order valence-electron chi connectivity index (χ0n) is 13.5. The maximum Gasteiger partial charge on any atom is 0.382 e. The predicted molar refractivity (Wildman–Crippen MR) is 98.0 cm³/mol. The first kappa shape index (κ1) is 17.4. The molecule has 0 heterocycles. The number of allylic oxidation sites excluding steroid dienone is 2. The molecule has 3 heteroatoms. The second-order valence-electron chi connectivity index (χ2n) is 5.36. The number of anilines is 1. The molecule has 0 bridgehead atoms. The van der Waals surface area contributed by atoms with Crippen molar-refractivity contribution in [2.75, 3.05) is 11.9 Å². The summed E-state index contributed by atoms with van der Waals surface area (Å²) in [5.41, 5.74) is 3.05. The Morgan fingerprint density at radius 1 is 1.04 bits per heavy atom. The number of hydrogen-bond acceptors (Lipinski definition) is 2. The fourth-order valence-corrected chi connectivity index (χ4v) is 2.20. The van der Waals surface area contributed by atoms with E-state index < -0.39 is 5.97 Å². The van der Waals surface area contributed by atoms with Gasteiger partial charge in [-0.25, -0.2) is 4.79 Å². The molecular weight excluding hydrogens is 298 g/mol. The Morgan fingerprint density at radius 2 is 1.79 bits per heavy atom. The first-order chi connectivity index (χ1) is 11.7. The van der Waals surface area contributed by atoms with Crippen molar-refractivity contribution in [3.63, 3.8) is 0 Å². The molecule has 24 heavy (non-hydrogen) atoms. The maximum absolute atomic E-state index is 10.4. The van der Waals surface area contributed by atoms with Crippen LogP contribution in [0.4, 0.5) is 5.69 Å². The van der Waals surface area contributed by atoms with Crippen molar-refractivity contribution in [1.29, 1.82) is 0 Å². The van der Waals surface area contributed by atoms with Crippen LogP contribution in [0.5, 0.6) is 0 Å². The molecule has 0 unspecified atom stereocenters. The molecule has 122 valence electrons. The summed E-state index contributed by atoms with van der Waals surface area (Å²) in [6, 6.07) is 17.9. The molecule has 0 aliphatic rings. The van der Waals surface area contributed by atoms with E-state index >= 15 is 0 Å². The Balaban J connectivity index is 1.64. The second kappa shape index (κ2) is 9.91. The van der Waals surface area contributed by atoms with Gasteiger partial charge in [0.25, 0.3) is 0 Å². The molecule has 3 nitrogen and oxygen atoms in total. The lowest BCUT2D eigenvalue weighted by atomic mass is 10.1. The molecule has 0 aliphatic carbocycles. The minimum absolute atomic E-state index is 0.701. The summed E-state index contributed by atoms with van der Waals surface area (Å²) in [6.45, 7) is 0.899. The van der Waals surface area contributed by atoms with Gasteiger partial charge in [-0.05, 0) is 49.1 Å². The number of unbranched alkanes of at least 4 members (excludes halogenated alkanes) is 1. The van der Waals surface area contributed by atoms with Crippen molar-refractivity contribution < 1.29 is 9.90 Å². The van der Waals surface area contributed by atoms with Crippen molar-refractivity contribution in [2.24, 2.45) is 0 Å². The minimum atomic E-state index is -1.11. The van der Waals surface area contributed by atoms with Crippen LogP contribution in [0.3, 0.4) is 0 Å². The van der Waals surface area contributed by atoms with E-state index in [0.717, 1.165) is 31.5 Å². The summed E-state index contributed by atoms with van der Waals surface area (Å²) in [5.74, 6) is 3.58. The van der Waals surface area contributed by atoms with Crippen molar-refractivity contribution in [3.05, 3.63) is 77.9 Å². The largest absolute Gasteiger partial charge is 0.472 e. The van der Waals surface area contributed by atoms with E-state index in [1.165, 1.54) is 5.56 Å². The molecular formula is C21H21NO2. The molecule has 0 amide bonds. The number of rotatable bonds is 7. The summed E-state index contributed by atoms with van der Waals surface area (Å²) in [7, 11) is 0. The van der Waals surface area contributed by atoms with Gasteiger partial charge in [-0.3, -0.25) is 0 Å². The average molecular weight is 319 g/mol. The van der Waals surface area contributed by atoms with Crippen LogP contribution < -0.4 is 5.32 Å². The first-order valence-corrected chi connectivity index (χ1v) is 8.02. The van der Waals surface area contributed by atoms with Gasteiger partial charge in [0.15, 0.2) is 0 Å². The van der Waals surface area contributed by atoms with E-state index in [-0.39, 0.29) is 0 Å². The Labute approximate surface area is 143 Å². The molecule has 0 aliphatic heterocycles. The molecule has 0 fully saturated rings. The van der Waals surface area contributed by atoms with Crippen LogP contribution in [0.2, 0.25) is 0 Å². The molecule has 0 saturated carbocycles. The Hall–Kier alpha value is -2.99. The van der Waals surface area contributed by atoms with E-state index in [2.05, 4.69) is 53.6 Å².